The van der Waals surface area contributed by atoms with Gasteiger partial charge in [-0.05, 0) is 39.2 Å². The largest absolute Gasteiger partial charge is 0.462 e. The molecule has 25 heavy (non-hydrogen) atoms. The average molecular weight is 367 g/mol. The highest BCUT2D eigenvalue weighted by atomic mass is 32.1. The number of nitrogens with zero attached hydrogens (tertiary/aromatic N) is 1. The second kappa shape index (κ2) is 8.33. The van der Waals surface area contributed by atoms with Crippen LogP contribution < -0.4 is 10.6 Å². The van der Waals surface area contributed by atoms with E-state index in [1.807, 2.05) is 13.8 Å². The van der Waals surface area contributed by atoms with E-state index < -0.39 is 5.97 Å². The molecule has 2 heterocycles. The van der Waals surface area contributed by atoms with E-state index in [0.717, 1.165) is 10.4 Å². The molecule has 0 spiro atoms. The van der Waals surface area contributed by atoms with Gasteiger partial charge in [-0.1, -0.05) is 0 Å². The van der Waals surface area contributed by atoms with Gasteiger partial charge in [0.25, 0.3) is 0 Å². The number of nitrogens with one attached hydrogen (secondary N) is 2. The Bertz CT molecular complexity index is 663. The zero-order chi connectivity index (χ0) is 18.6. The van der Waals surface area contributed by atoms with Crippen LogP contribution in [0, 0.1) is 19.8 Å². The van der Waals surface area contributed by atoms with Gasteiger partial charge in [-0.2, -0.15) is 0 Å². The average Bonchev–Trinajstić information content (AvgIpc) is 2.88. The molecule has 0 saturated carbocycles. The minimum atomic E-state index is -0.419. The molecule has 7 nitrogen and oxygen atoms in total. The summed E-state index contributed by atoms with van der Waals surface area (Å²) in [6.07, 6.45) is 1.28. The Hall–Kier alpha value is -2.09. The quantitative estimate of drug-likeness (QED) is 0.801. The van der Waals surface area contributed by atoms with Crippen molar-refractivity contribution in [3.63, 3.8) is 0 Å². The van der Waals surface area contributed by atoms with E-state index in [1.165, 1.54) is 11.3 Å². The van der Waals surface area contributed by atoms with Crippen LogP contribution in [0.5, 0.6) is 0 Å². The van der Waals surface area contributed by atoms with Gasteiger partial charge in [0, 0.05) is 30.9 Å². The second-order valence-corrected chi connectivity index (χ2v) is 7.24. The summed E-state index contributed by atoms with van der Waals surface area (Å²) in [6.45, 7) is 6.83. The minimum Gasteiger partial charge on any atom is -0.462 e. The van der Waals surface area contributed by atoms with Crippen molar-refractivity contribution >= 4 is 34.2 Å². The number of piperidine rings is 1. The highest BCUT2D eigenvalue weighted by Crippen LogP contribution is 2.33. The van der Waals surface area contributed by atoms with Crippen molar-refractivity contribution in [3.8, 4) is 0 Å². The van der Waals surface area contributed by atoms with Crippen molar-refractivity contribution in [2.24, 2.45) is 5.92 Å². The number of esters is 1. The molecule has 0 atom stereocenters. The Morgan fingerprint density at radius 3 is 2.44 bits per heavy atom. The summed E-state index contributed by atoms with van der Waals surface area (Å²) >= 11 is 1.37. The summed E-state index contributed by atoms with van der Waals surface area (Å²) in [5.74, 6) is -0.442. The summed E-state index contributed by atoms with van der Waals surface area (Å²) < 4.78 is 5.10. The smallest absolute Gasteiger partial charge is 0.341 e. The number of aryl methyl sites for hydroxylation is 1. The lowest BCUT2D eigenvalue weighted by Crippen LogP contribution is -2.44. The Kier molecular flexibility index (Phi) is 6.41. The zero-order valence-corrected chi connectivity index (χ0v) is 15.9. The molecule has 2 N–H and O–H groups in total. The maximum atomic E-state index is 12.5. The van der Waals surface area contributed by atoms with E-state index in [2.05, 4.69) is 10.6 Å². The molecule has 1 fully saturated rings. The predicted octanol–water partition coefficient (Wildman–Crippen LogP) is 2.53. The van der Waals surface area contributed by atoms with Crippen molar-refractivity contribution in [1.82, 2.24) is 10.2 Å². The fraction of sp³-hybridized carbons (Fsp3) is 0.588. The van der Waals surface area contributed by atoms with Gasteiger partial charge in [-0.25, -0.2) is 9.59 Å². The number of anilines is 1. The number of rotatable bonds is 4. The van der Waals surface area contributed by atoms with E-state index in [1.54, 1.807) is 18.9 Å². The third kappa shape index (κ3) is 4.31. The third-order valence-corrected chi connectivity index (χ3v) is 5.61. The molecule has 1 aromatic rings. The monoisotopic (exact) mass is 367 g/mol. The van der Waals surface area contributed by atoms with E-state index in [9.17, 15) is 14.4 Å². The first-order valence-electron chi connectivity index (χ1n) is 8.43. The minimum absolute atomic E-state index is 0.0224. The van der Waals surface area contributed by atoms with E-state index >= 15 is 0 Å². The summed E-state index contributed by atoms with van der Waals surface area (Å²) in [5.41, 5.74) is 1.26. The van der Waals surface area contributed by atoms with E-state index in [4.69, 9.17) is 4.74 Å². The van der Waals surface area contributed by atoms with Crippen molar-refractivity contribution in [1.29, 1.82) is 0 Å². The Balaban J connectivity index is 2.05. The zero-order valence-electron chi connectivity index (χ0n) is 15.1. The molecule has 138 valence electrons. The summed E-state index contributed by atoms with van der Waals surface area (Å²) in [4.78, 5) is 39.0. The number of amides is 3. The maximum Gasteiger partial charge on any atom is 0.341 e. The Labute approximate surface area is 151 Å². The molecule has 1 aromatic heterocycles. The number of carbonyl (C=O) groups excluding carboxylic acids is 3. The molecule has 0 radical (unpaired) electrons. The van der Waals surface area contributed by atoms with Gasteiger partial charge in [-0.3, -0.25) is 10.1 Å². The Morgan fingerprint density at radius 1 is 1.24 bits per heavy atom. The van der Waals surface area contributed by atoms with Crippen LogP contribution in [0.2, 0.25) is 0 Å². The highest BCUT2D eigenvalue weighted by molar-refractivity contribution is 7.16. The fourth-order valence-electron chi connectivity index (χ4n) is 2.89. The first-order chi connectivity index (χ1) is 11.9. The number of likely N-dealkylation sites (tertiary alicyclic amines) is 1. The second-order valence-electron chi connectivity index (χ2n) is 6.01. The number of hydrogen-bond donors (Lipinski definition) is 2. The van der Waals surface area contributed by atoms with Crippen molar-refractivity contribution in [3.05, 3.63) is 16.0 Å². The molecule has 0 aliphatic carbocycles. The van der Waals surface area contributed by atoms with Crippen LogP contribution in [0.15, 0.2) is 0 Å². The molecule has 1 saturated heterocycles. The Morgan fingerprint density at radius 2 is 1.88 bits per heavy atom. The van der Waals surface area contributed by atoms with Gasteiger partial charge in [0.05, 0.1) is 12.2 Å². The molecule has 0 bridgehead atoms. The van der Waals surface area contributed by atoms with Crippen LogP contribution in [0.1, 0.15) is 40.6 Å². The molecular weight excluding hydrogens is 342 g/mol. The van der Waals surface area contributed by atoms with Crippen LogP contribution in [0.4, 0.5) is 9.80 Å². The number of ether oxygens (including phenoxy) is 1. The van der Waals surface area contributed by atoms with Crippen LogP contribution in [-0.2, 0) is 9.53 Å². The van der Waals surface area contributed by atoms with Gasteiger partial charge in [-0.15, -0.1) is 11.3 Å². The summed E-state index contributed by atoms with van der Waals surface area (Å²) in [5, 5.41) is 6.02. The summed E-state index contributed by atoms with van der Waals surface area (Å²) in [7, 11) is 1.62. The van der Waals surface area contributed by atoms with E-state index in [0.29, 0.717) is 36.5 Å². The first-order valence-corrected chi connectivity index (χ1v) is 9.25. The lowest BCUT2D eigenvalue weighted by molar-refractivity contribution is -0.125. The molecule has 0 aromatic carbocycles. The number of hydrogen-bond acceptors (Lipinski definition) is 5. The van der Waals surface area contributed by atoms with Gasteiger partial charge in [0.2, 0.25) is 5.91 Å². The maximum absolute atomic E-state index is 12.5. The molecule has 3 amide bonds. The molecule has 1 aliphatic heterocycles. The van der Waals surface area contributed by atoms with Crippen LogP contribution in [0.25, 0.3) is 0 Å². The SMILES string of the molecule is CCOC(=O)c1c(NC(=O)N2CCC(C(=O)NC)CC2)sc(C)c1C. The third-order valence-electron chi connectivity index (χ3n) is 4.48. The summed E-state index contributed by atoms with van der Waals surface area (Å²) in [6, 6.07) is -0.248. The van der Waals surface area contributed by atoms with Crippen LogP contribution >= 0.6 is 11.3 Å². The molecule has 1 aliphatic rings. The topological polar surface area (TPSA) is 87.7 Å². The molecule has 2 rings (SSSR count). The van der Waals surface area contributed by atoms with Gasteiger partial charge < -0.3 is 15.0 Å². The van der Waals surface area contributed by atoms with Gasteiger partial charge >= 0.3 is 12.0 Å². The van der Waals surface area contributed by atoms with Crippen molar-refractivity contribution in [2.45, 2.75) is 33.6 Å². The number of urea groups is 1. The predicted molar refractivity (Wildman–Crippen MR) is 97.1 cm³/mol. The van der Waals surface area contributed by atoms with Crippen LogP contribution in [0.3, 0.4) is 0 Å². The fourth-order valence-corrected chi connectivity index (χ4v) is 3.93. The highest BCUT2D eigenvalue weighted by Gasteiger charge is 2.28. The lowest BCUT2D eigenvalue weighted by Gasteiger charge is -2.31. The lowest BCUT2D eigenvalue weighted by atomic mass is 9.96. The van der Waals surface area contributed by atoms with Gasteiger partial charge in [0.15, 0.2) is 0 Å². The molecular formula is C17H25N3O4S. The standard InChI is InChI=1S/C17H25N3O4S/c1-5-24-16(22)13-10(2)11(3)25-15(13)19-17(23)20-8-6-12(7-9-20)14(21)18-4/h12H,5-9H2,1-4H3,(H,18,21)(H,19,23). The number of carbonyl (C=O) groups is 3. The van der Waals surface area contributed by atoms with Crippen molar-refractivity contribution < 1.29 is 19.1 Å². The van der Waals surface area contributed by atoms with Crippen LogP contribution in [-0.4, -0.2) is 49.6 Å². The first kappa shape index (κ1) is 19.2. The number of thiophene rings is 1. The van der Waals surface area contributed by atoms with Crippen molar-refractivity contribution in [2.75, 3.05) is 32.1 Å². The van der Waals surface area contributed by atoms with E-state index in [-0.39, 0.29) is 24.5 Å². The molecule has 8 heteroatoms. The normalized spacial score (nSPS) is 15.0. The molecule has 0 unspecified atom stereocenters. The van der Waals surface area contributed by atoms with Gasteiger partial charge in [0.1, 0.15) is 5.00 Å².